The van der Waals surface area contributed by atoms with E-state index < -0.39 is 0 Å². The Labute approximate surface area is 93.5 Å². The van der Waals surface area contributed by atoms with Crippen molar-refractivity contribution in [3.8, 4) is 0 Å². The molecule has 0 unspecified atom stereocenters. The first-order valence-electron chi connectivity index (χ1n) is 5.06. The number of halogens is 1. The third-order valence-electron chi connectivity index (χ3n) is 2.52. The highest BCUT2D eigenvalue weighted by Gasteiger charge is 2.28. The molecule has 0 atom stereocenters. The van der Waals surface area contributed by atoms with Crippen molar-refractivity contribution in [3.05, 3.63) is 24.0 Å². The molecule has 1 heterocycles. The molecule has 0 amide bonds. The molecule has 1 fully saturated rings. The SMILES string of the molecule is Cc1cc(N(CCBr)C2CC2)ccn1. The average Bonchev–Trinajstić information content (AvgIpc) is 2.97. The van der Waals surface area contributed by atoms with Crippen LogP contribution in [0.25, 0.3) is 0 Å². The zero-order chi connectivity index (χ0) is 9.97. The molecule has 76 valence electrons. The van der Waals surface area contributed by atoms with Crippen molar-refractivity contribution in [2.24, 2.45) is 0 Å². The number of aryl methyl sites for hydroxylation is 1. The van der Waals surface area contributed by atoms with Gasteiger partial charge in [0.2, 0.25) is 0 Å². The first-order valence-corrected chi connectivity index (χ1v) is 6.18. The molecule has 14 heavy (non-hydrogen) atoms. The number of rotatable bonds is 4. The number of alkyl halides is 1. The smallest absolute Gasteiger partial charge is 0.0402 e. The fraction of sp³-hybridized carbons (Fsp3) is 0.545. The molecule has 1 aromatic heterocycles. The van der Waals surface area contributed by atoms with Crippen molar-refractivity contribution in [3.63, 3.8) is 0 Å². The molecule has 1 aliphatic rings. The summed E-state index contributed by atoms with van der Waals surface area (Å²) in [5.41, 5.74) is 2.42. The van der Waals surface area contributed by atoms with Crippen molar-refractivity contribution >= 4 is 21.6 Å². The summed E-state index contributed by atoms with van der Waals surface area (Å²) in [5.74, 6) is 0. The molecule has 0 aliphatic heterocycles. The molecule has 2 rings (SSSR count). The van der Waals surface area contributed by atoms with Crippen LogP contribution in [0.1, 0.15) is 18.5 Å². The van der Waals surface area contributed by atoms with E-state index in [0.717, 1.165) is 23.6 Å². The Morgan fingerprint density at radius 1 is 1.57 bits per heavy atom. The topological polar surface area (TPSA) is 16.1 Å². The Morgan fingerprint density at radius 2 is 2.36 bits per heavy atom. The fourth-order valence-electron chi connectivity index (χ4n) is 1.71. The lowest BCUT2D eigenvalue weighted by Gasteiger charge is -2.23. The number of anilines is 1. The maximum atomic E-state index is 4.22. The van der Waals surface area contributed by atoms with Crippen molar-refractivity contribution < 1.29 is 0 Å². The predicted octanol–water partition coefficient (Wildman–Crippen LogP) is 2.75. The Balaban J connectivity index is 2.16. The van der Waals surface area contributed by atoms with Gasteiger partial charge in [-0.15, -0.1) is 0 Å². The maximum absolute atomic E-state index is 4.22. The summed E-state index contributed by atoms with van der Waals surface area (Å²) in [4.78, 5) is 6.70. The first-order chi connectivity index (χ1) is 6.81. The Kier molecular flexibility index (Phi) is 3.06. The second-order valence-electron chi connectivity index (χ2n) is 3.77. The van der Waals surface area contributed by atoms with Crippen molar-refractivity contribution in [2.75, 3.05) is 16.8 Å². The molecule has 1 saturated carbocycles. The predicted molar refractivity (Wildman–Crippen MR) is 63.1 cm³/mol. The lowest BCUT2D eigenvalue weighted by atomic mass is 10.3. The van der Waals surface area contributed by atoms with E-state index in [-0.39, 0.29) is 0 Å². The minimum absolute atomic E-state index is 0.773. The van der Waals surface area contributed by atoms with E-state index in [1.54, 1.807) is 0 Å². The highest BCUT2D eigenvalue weighted by Crippen LogP contribution is 2.31. The zero-order valence-corrected chi connectivity index (χ0v) is 10.00. The number of aromatic nitrogens is 1. The van der Waals surface area contributed by atoms with Crippen LogP contribution in [-0.4, -0.2) is 22.9 Å². The molecule has 3 heteroatoms. The van der Waals surface area contributed by atoms with Crippen molar-refractivity contribution in [1.29, 1.82) is 0 Å². The summed E-state index contributed by atoms with van der Waals surface area (Å²) in [6.07, 6.45) is 4.58. The molecule has 0 N–H and O–H groups in total. The highest BCUT2D eigenvalue weighted by molar-refractivity contribution is 9.09. The molecular weight excluding hydrogens is 240 g/mol. The van der Waals surface area contributed by atoms with Crippen LogP contribution < -0.4 is 4.90 Å². The van der Waals surface area contributed by atoms with Gasteiger partial charge in [-0.05, 0) is 31.9 Å². The second kappa shape index (κ2) is 4.30. The molecular formula is C11H15BrN2. The first kappa shape index (κ1) is 9.97. The van der Waals surface area contributed by atoms with Crippen LogP contribution >= 0.6 is 15.9 Å². The van der Waals surface area contributed by atoms with Crippen LogP contribution in [-0.2, 0) is 0 Å². The number of nitrogens with zero attached hydrogens (tertiary/aromatic N) is 2. The van der Waals surface area contributed by atoms with Gasteiger partial charge in [0.1, 0.15) is 0 Å². The van der Waals surface area contributed by atoms with Gasteiger partial charge in [0.15, 0.2) is 0 Å². The van der Waals surface area contributed by atoms with Gasteiger partial charge in [0.05, 0.1) is 0 Å². The summed E-state index contributed by atoms with van der Waals surface area (Å²) in [6.45, 7) is 3.14. The average molecular weight is 255 g/mol. The van der Waals surface area contributed by atoms with E-state index in [1.165, 1.54) is 18.5 Å². The summed E-state index contributed by atoms with van der Waals surface area (Å²) < 4.78 is 0. The zero-order valence-electron chi connectivity index (χ0n) is 8.41. The number of hydrogen-bond acceptors (Lipinski definition) is 2. The standard InChI is InChI=1S/C11H15BrN2/c1-9-8-11(4-6-13-9)14(7-5-12)10-2-3-10/h4,6,8,10H,2-3,5,7H2,1H3. The molecule has 2 nitrogen and oxygen atoms in total. The third kappa shape index (κ3) is 2.27. The second-order valence-corrected chi connectivity index (χ2v) is 4.56. The monoisotopic (exact) mass is 254 g/mol. The Hall–Kier alpha value is -0.570. The summed E-state index contributed by atoms with van der Waals surface area (Å²) in [5, 5.41) is 1.03. The summed E-state index contributed by atoms with van der Waals surface area (Å²) >= 11 is 3.50. The van der Waals surface area contributed by atoms with Gasteiger partial charge in [-0.3, -0.25) is 4.98 Å². The highest BCUT2D eigenvalue weighted by atomic mass is 79.9. The van der Waals surface area contributed by atoms with Gasteiger partial charge in [-0.2, -0.15) is 0 Å². The normalized spacial score (nSPS) is 15.6. The molecule has 1 aliphatic carbocycles. The van der Waals surface area contributed by atoms with E-state index in [1.807, 2.05) is 13.1 Å². The molecule has 0 saturated heterocycles. The number of pyridine rings is 1. The Bertz CT molecular complexity index is 310. The van der Waals surface area contributed by atoms with Crippen molar-refractivity contribution in [2.45, 2.75) is 25.8 Å². The largest absolute Gasteiger partial charge is 0.368 e. The summed E-state index contributed by atoms with van der Waals surface area (Å²) in [6, 6.07) is 5.05. The van der Waals surface area contributed by atoms with Gasteiger partial charge in [-0.25, -0.2) is 0 Å². The van der Waals surface area contributed by atoms with Gasteiger partial charge >= 0.3 is 0 Å². The van der Waals surface area contributed by atoms with Crippen LogP contribution in [0.3, 0.4) is 0 Å². The third-order valence-corrected chi connectivity index (χ3v) is 2.88. The van der Waals surface area contributed by atoms with Crippen LogP contribution in [0, 0.1) is 6.92 Å². The van der Waals surface area contributed by atoms with E-state index in [2.05, 4.69) is 37.9 Å². The quantitative estimate of drug-likeness (QED) is 0.769. The van der Waals surface area contributed by atoms with E-state index in [9.17, 15) is 0 Å². The van der Waals surface area contributed by atoms with Gasteiger partial charge < -0.3 is 4.90 Å². The van der Waals surface area contributed by atoms with Crippen LogP contribution in [0.2, 0.25) is 0 Å². The van der Waals surface area contributed by atoms with Crippen LogP contribution in [0.15, 0.2) is 18.3 Å². The molecule has 0 radical (unpaired) electrons. The molecule has 0 bridgehead atoms. The van der Waals surface area contributed by atoms with Crippen LogP contribution in [0.5, 0.6) is 0 Å². The van der Waals surface area contributed by atoms with E-state index >= 15 is 0 Å². The minimum atomic E-state index is 0.773. The van der Waals surface area contributed by atoms with E-state index in [0.29, 0.717) is 0 Å². The van der Waals surface area contributed by atoms with Crippen molar-refractivity contribution in [1.82, 2.24) is 4.98 Å². The van der Waals surface area contributed by atoms with Gasteiger partial charge in [-0.1, -0.05) is 15.9 Å². The molecule has 1 aromatic rings. The Morgan fingerprint density at radius 3 is 2.93 bits per heavy atom. The minimum Gasteiger partial charge on any atom is -0.368 e. The van der Waals surface area contributed by atoms with Gasteiger partial charge in [0, 0.05) is 35.5 Å². The fourth-order valence-corrected chi connectivity index (χ4v) is 2.09. The summed E-state index contributed by atoms with van der Waals surface area (Å²) in [7, 11) is 0. The van der Waals surface area contributed by atoms with Crippen LogP contribution in [0.4, 0.5) is 5.69 Å². The molecule has 0 spiro atoms. The van der Waals surface area contributed by atoms with Gasteiger partial charge in [0.25, 0.3) is 0 Å². The molecule has 0 aromatic carbocycles. The lowest BCUT2D eigenvalue weighted by molar-refractivity contribution is 0.832. The number of hydrogen-bond donors (Lipinski definition) is 0. The van der Waals surface area contributed by atoms with E-state index in [4.69, 9.17) is 0 Å². The maximum Gasteiger partial charge on any atom is 0.0402 e. The lowest BCUT2D eigenvalue weighted by Crippen LogP contribution is -2.27.